The molecule has 1 aliphatic heterocycles. The number of imide groups is 1. The second-order valence-electron chi connectivity index (χ2n) is 7.83. The predicted octanol–water partition coefficient (Wildman–Crippen LogP) is 6.37. The maximum atomic E-state index is 12.8. The van der Waals surface area contributed by atoms with Gasteiger partial charge in [-0.1, -0.05) is 70.5 Å². The Morgan fingerprint density at radius 1 is 0.944 bits per heavy atom. The van der Waals surface area contributed by atoms with E-state index in [1.807, 2.05) is 36.4 Å². The van der Waals surface area contributed by atoms with Crippen molar-refractivity contribution < 1.29 is 23.9 Å². The van der Waals surface area contributed by atoms with Crippen LogP contribution in [0.5, 0.6) is 0 Å². The number of rotatable bonds is 7. The van der Waals surface area contributed by atoms with Crippen LogP contribution < -0.4 is 0 Å². The SMILES string of the molecule is COC(=O)c1ccc(CN2C(=O)S/C(=C\c3ccc(/C=C/C(=O)c4cccc(Br)c4)cc3)C2=O)cc1. The number of hydrogen-bond donors (Lipinski definition) is 0. The van der Waals surface area contributed by atoms with Crippen LogP contribution in [0.25, 0.3) is 12.2 Å². The minimum absolute atomic E-state index is 0.103. The smallest absolute Gasteiger partial charge is 0.337 e. The summed E-state index contributed by atoms with van der Waals surface area (Å²) in [7, 11) is 1.30. The van der Waals surface area contributed by atoms with E-state index in [2.05, 4.69) is 20.7 Å². The van der Waals surface area contributed by atoms with Crippen molar-refractivity contribution in [2.75, 3.05) is 7.11 Å². The largest absolute Gasteiger partial charge is 0.465 e. The molecule has 0 atom stereocenters. The van der Waals surface area contributed by atoms with Crippen molar-refractivity contribution in [2.45, 2.75) is 6.54 Å². The highest BCUT2D eigenvalue weighted by Crippen LogP contribution is 2.33. The van der Waals surface area contributed by atoms with Gasteiger partial charge in [-0.3, -0.25) is 19.3 Å². The number of amides is 2. The molecule has 0 radical (unpaired) electrons. The molecule has 8 heteroatoms. The summed E-state index contributed by atoms with van der Waals surface area (Å²) < 4.78 is 5.52. The molecule has 2 amide bonds. The summed E-state index contributed by atoms with van der Waals surface area (Å²) in [6, 6.07) is 21.1. The Labute approximate surface area is 220 Å². The van der Waals surface area contributed by atoms with E-state index in [9.17, 15) is 19.2 Å². The monoisotopic (exact) mass is 561 g/mol. The van der Waals surface area contributed by atoms with Gasteiger partial charge in [0.05, 0.1) is 24.1 Å². The quantitative estimate of drug-likeness (QED) is 0.189. The molecule has 0 aliphatic carbocycles. The standard InChI is InChI=1S/C28H20BrNO5S/c1-35-27(33)21-12-9-20(10-13-21)17-30-26(32)25(36-28(30)34)15-19-7-5-18(6-8-19)11-14-24(31)22-3-2-4-23(29)16-22/h2-16H,17H2,1H3/b14-11+,25-15-. The van der Waals surface area contributed by atoms with Gasteiger partial charge in [-0.25, -0.2) is 4.79 Å². The van der Waals surface area contributed by atoms with E-state index in [4.69, 9.17) is 0 Å². The molecule has 0 bridgehead atoms. The van der Waals surface area contributed by atoms with Crippen molar-refractivity contribution in [1.29, 1.82) is 0 Å². The maximum absolute atomic E-state index is 12.8. The summed E-state index contributed by atoms with van der Waals surface area (Å²) in [6.45, 7) is 0.110. The molecular weight excluding hydrogens is 542 g/mol. The van der Waals surface area contributed by atoms with Crippen molar-refractivity contribution in [1.82, 2.24) is 4.90 Å². The molecule has 1 aliphatic rings. The van der Waals surface area contributed by atoms with Gasteiger partial charge in [-0.15, -0.1) is 0 Å². The fourth-order valence-electron chi connectivity index (χ4n) is 3.45. The average molecular weight is 562 g/mol. The van der Waals surface area contributed by atoms with E-state index in [0.29, 0.717) is 16.0 Å². The van der Waals surface area contributed by atoms with Gasteiger partial charge < -0.3 is 4.74 Å². The third-order valence-corrected chi connectivity index (χ3v) is 6.76. The molecule has 180 valence electrons. The Bertz CT molecular complexity index is 1390. The lowest BCUT2D eigenvalue weighted by atomic mass is 10.1. The van der Waals surface area contributed by atoms with Crippen LogP contribution >= 0.6 is 27.7 Å². The van der Waals surface area contributed by atoms with Crippen LogP contribution in [-0.4, -0.2) is 34.9 Å². The average Bonchev–Trinajstić information content (AvgIpc) is 3.15. The number of allylic oxidation sites excluding steroid dienone is 1. The van der Waals surface area contributed by atoms with Gasteiger partial charge in [0.25, 0.3) is 11.1 Å². The van der Waals surface area contributed by atoms with E-state index in [1.165, 1.54) is 18.1 Å². The lowest BCUT2D eigenvalue weighted by Gasteiger charge is -2.12. The zero-order valence-corrected chi connectivity index (χ0v) is 21.5. The van der Waals surface area contributed by atoms with E-state index < -0.39 is 5.97 Å². The van der Waals surface area contributed by atoms with Crippen LogP contribution in [0.15, 0.2) is 88.3 Å². The number of nitrogens with zero attached hydrogens (tertiary/aromatic N) is 1. The van der Waals surface area contributed by atoms with Gasteiger partial charge in [0.1, 0.15) is 0 Å². The number of thioether (sulfide) groups is 1. The Kier molecular flexibility index (Phi) is 7.97. The third-order valence-electron chi connectivity index (χ3n) is 5.36. The number of halogens is 1. The van der Waals surface area contributed by atoms with Crippen molar-refractivity contribution in [3.8, 4) is 0 Å². The van der Waals surface area contributed by atoms with Gasteiger partial charge in [0.2, 0.25) is 0 Å². The maximum Gasteiger partial charge on any atom is 0.337 e. The van der Waals surface area contributed by atoms with Gasteiger partial charge >= 0.3 is 5.97 Å². The minimum Gasteiger partial charge on any atom is -0.465 e. The number of hydrogen-bond acceptors (Lipinski definition) is 6. The van der Waals surface area contributed by atoms with E-state index in [0.717, 1.165) is 32.9 Å². The fourth-order valence-corrected chi connectivity index (χ4v) is 4.69. The molecule has 6 nitrogen and oxygen atoms in total. The number of methoxy groups -OCH3 is 1. The molecule has 3 aromatic rings. The fraction of sp³-hybridized carbons (Fsp3) is 0.0714. The van der Waals surface area contributed by atoms with E-state index in [1.54, 1.807) is 48.6 Å². The van der Waals surface area contributed by atoms with E-state index in [-0.39, 0.29) is 23.5 Å². The van der Waals surface area contributed by atoms with Gasteiger partial charge in [0, 0.05) is 10.0 Å². The van der Waals surface area contributed by atoms with Crippen LogP contribution in [-0.2, 0) is 16.1 Å². The number of esters is 1. The first-order valence-electron chi connectivity index (χ1n) is 10.8. The molecular formula is C28H20BrNO5S. The number of ether oxygens (including phenoxy) is 1. The second-order valence-corrected chi connectivity index (χ2v) is 9.74. The molecule has 0 saturated carbocycles. The molecule has 1 heterocycles. The normalized spacial score (nSPS) is 14.6. The van der Waals surface area contributed by atoms with Gasteiger partial charge in [-0.2, -0.15) is 0 Å². The lowest BCUT2D eigenvalue weighted by molar-refractivity contribution is -0.123. The van der Waals surface area contributed by atoms with Crippen LogP contribution in [0.4, 0.5) is 4.79 Å². The van der Waals surface area contributed by atoms with Crippen LogP contribution in [0.1, 0.15) is 37.4 Å². The highest BCUT2D eigenvalue weighted by atomic mass is 79.9. The topological polar surface area (TPSA) is 80.8 Å². The first-order chi connectivity index (χ1) is 17.3. The van der Waals surface area contributed by atoms with Crippen molar-refractivity contribution in [3.05, 3.63) is 116 Å². The zero-order chi connectivity index (χ0) is 25.7. The summed E-state index contributed by atoms with van der Waals surface area (Å²) in [5.74, 6) is -0.923. The summed E-state index contributed by atoms with van der Waals surface area (Å²) in [5, 5.41) is -0.353. The second kappa shape index (κ2) is 11.3. The summed E-state index contributed by atoms with van der Waals surface area (Å²) >= 11 is 4.25. The highest BCUT2D eigenvalue weighted by molar-refractivity contribution is 9.10. The highest BCUT2D eigenvalue weighted by Gasteiger charge is 2.35. The van der Waals surface area contributed by atoms with Crippen molar-refractivity contribution >= 4 is 62.7 Å². The third kappa shape index (κ3) is 6.08. The minimum atomic E-state index is -0.451. The number of benzene rings is 3. The molecule has 1 fully saturated rings. The molecule has 1 saturated heterocycles. The molecule has 3 aromatic carbocycles. The molecule has 4 rings (SSSR count). The van der Waals surface area contributed by atoms with E-state index >= 15 is 0 Å². The van der Waals surface area contributed by atoms with Gasteiger partial charge in [0.15, 0.2) is 5.78 Å². The Morgan fingerprint density at radius 3 is 2.31 bits per heavy atom. The summed E-state index contributed by atoms with van der Waals surface area (Å²) in [6.07, 6.45) is 4.91. The number of carbonyl (C=O) groups is 4. The summed E-state index contributed by atoms with van der Waals surface area (Å²) in [4.78, 5) is 50.7. The predicted molar refractivity (Wildman–Crippen MR) is 143 cm³/mol. The summed E-state index contributed by atoms with van der Waals surface area (Å²) in [5.41, 5.74) is 3.30. The first kappa shape index (κ1) is 25.3. The molecule has 0 N–H and O–H groups in total. The molecule has 0 spiro atoms. The van der Waals surface area contributed by atoms with Crippen LogP contribution in [0, 0.1) is 0 Å². The van der Waals surface area contributed by atoms with Crippen LogP contribution in [0.3, 0.4) is 0 Å². The Balaban J connectivity index is 1.41. The number of ketones is 1. The molecule has 36 heavy (non-hydrogen) atoms. The molecule has 0 aromatic heterocycles. The lowest BCUT2D eigenvalue weighted by Crippen LogP contribution is -2.27. The molecule has 0 unspecified atom stereocenters. The first-order valence-corrected chi connectivity index (χ1v) is 12.5. The van der Waals surface area contributed by atoms with Crippen molar-refractivity contribution in [3.63, 3.8) is 0 Å². The van der Waals surface area contributed by atoms with Crippen molar-refractivity contribution in [2.24, 2.45) is 0 Å². The zero-order valence-electron chi connectivity index (χ0n) is 19.1. The Hall–Kier alpha value is -3.75. The Morgan fingerprint density at radius 2 is 1.64 bits per heavy atom. The number of carbonyl (C=O) groups excluding carboxylic acids is 4. The van der Waals surface area contributed by atoms with Crippen LogP contribution in [0.2, 0.25) is 0 Å². The van der Waals surface area contributed by atoms with Gasteiger partial charge in [-0.05, 0) is 64.9 Å².